The summed E-state index contributed by atoms with van der Waals surface area (Å²) in [6, 6.07) is 16.7. The average Bonchev–Trinajstić information content (AvgIpc) is 2.60. The fourth-order valence-corrected chi connectivity index (χ4v) is 4.57. The average molecular weight is 441 g/mol. The molecule has 2 aromatic rings. The van der Waals surface area contributed by atoms with Crippen LogP contribution in [-0.2, 0) is 0 Å². The number of rotatable bonds is 6. The van der Waals surface area contributed by atoms with Gasteiger partial charge in [-0.05, 0) is 77.2 Å². The van der Waals surface area contributed by atoms with Crippen LogP contribution >= 0.6 is 0 Å². The predicted octanol–water partition coefficient (Wildman–Crippen LogP) is 8.52. The van der Waals surface area contributed by atoms with E-state index in [9.17, 15) is 0 Å². The van der Waals surface area contributed by atoms with E-state index in [0.29, 0.717) is 0 Å². The minimum Gasteiger partial charge on any atom is -0.544 e. The lowest BCUT2D eigenvalue weighted by atomic mass is 9.99. The van der Waals surface area contributed by atoms with Gasteiger partial charge in [0.05, 0.1) is 0 Å². The van der Waals surface area contributed by atoms with Crippen molar-refractivity contribution in [2.75, 3.05) is 0 Å². The molecule has 4 heteroatoms. The topological polar surface area (TPSA) is 18.5 Å². The minimum absolute atomic E-state index is 0.184. The molecule has 0 aliphatic rings. The molecule has 0 aliphatic heterocycles. The Bertz CT molecular complexity index is 792. The number of hydrogen-bond acceptors (Lipinski definition) is 2. The summed E-state index contributed by atoms with van der Waals surface area (Å²) < 4.78 is 12.8. The van der Waals surface area contributed by atoms with E-state index in [4.69, 9.17) is 8.85 Å². The van der Waals surface area contributed by atoms with Crippen LogP contribution in [0.4, 0.5) is 0 Å². The Morgan fingerprint density at radius 2 is 0.867 bits per heavy atom. The molecule has 164 valence electrons. The van der Waals surface area contributed by atoms with E-state index in [1.807, 2.05) is 0 Å². The van der Waals surface area contributed by atoms with Crippen LogP contribution in [0.5, 0.6) is 11.5 Å². The van der Waals surface area contributed by atoms with Crippen molar-refractivity contribution in [3.05, 3.63) is 66.2 Å². The highest BCUT2D eigenvalue weighted by Crippen LogP contribution is 2.39. The molecule has 0 amide bonds. The summed E-state index contributed by atoms with van der Waals surface area (Å²) in [5.74, 6) is 1.88. The fraction of sp³-hybridized carbons (Fsp3) is 0.462. The van der Waals surface area contributed by atoms with Crippen LogP contribution in [0.2, 0.25) is 36.3 Å². The van der Waals surface area contributed by atoms with Gasteiger partial charge in [0.15, 0.2) is 0 Å². The van der Waals surface area contributed by atoms with Gasteiger partial charge in [0.25, 0.3) is 0 Å². The van der Waals surface area contributed by atoms with Gasteiger partial charge in [-0.1, -0.05) is 72.4 Å². The Morgan fingerprint density at radius 1 is 0.600 bits per heavy atom. The van der Waals surface area contributed by atoms with E-state index in [-0.39, 0.29) is 10.1 Å². The van der Waals surface area contributed by atoms with Crippen LogP contribution in [0.15, 0.2) is 55.1 Å². The molecular weight excluding hydrogens is 400 g/mol. The Balaban J connectivity index is 2.12. The van der Waals surface area contributed by atoms with Gasteiger partial charge in [-0.3, -0.25) is 0 Å². The molecule has 0 fully saturated rings. The van der Waals surface area contributed by atoms with Gasteiger partial charge in [0.1, 0.15) is 11.5 Å². The molecule has 0 bridgehead atoms. The molecule has 0 N–H and O–H groups in total. The van der Waals surface area contributed by atoms with Crippen molar-refractivity contribution >= 4 is 22.2 Å². The molecule has 30 heavy (non-hydrogen) atoms. The maximum Gasteiger partial charge on any atom is 0.250 e. The summed E-state index contributed by atoms with van der Waals surface area (Å²) in [7, 11) is -3.65. The fourth-order valence-electron chi connectivity index (χ4n) is 2.51. The van der Waals surface area contributed by atoms with Crippen molar-refractivity contribution in [1.82, 2.24) is 0 Å². The molecule has 0 heterocycles. The molecule has 0 aliphatic carbocycles. The molecule has 0 radical (unpaired) electrons. The number of benzene rings is 2. The van der Waals surface area contributed by atoms with E-state index in [0.717, 1.165) is 28.2 Å². The van der Waals surface area contributed by atoms with E-state index >= 15 is 0 Å². The van der Waals surface area contributed by atoms with Crippen molar-refractivity contribution < 1.29 is 8.85 Å². The summed E-state index contributed by atoms with van der Waals surface area (Å²) >= 11 is 0. The lowest BCUT2D eigenvalue weighted by molar-refractivity contribution is 0.492. The van der Waals surface area contributed by atoms with Crippen LogP contribution in [0, 0.1) is 0 Å². The van der Waals surface area contributed by atoms with Crippen molar-refractivity contribution in [2.45, 2.75) is 77.8 Å². The van der Waals surface area contributed by atoms with Crippen LogP contribution in [0.25, 0.3) is 5.57 Å². The van der Waals surface area contributed by atoms with Crippen LogP contribution < -0.4 is 8.85 Å². The summed E-state index contributed by atoms with van der Waals surface area (Å²) in [6.07, 6.45) is 0. The highest BCUT2D eigenvalue weighted by atomic mass is 28.4. The molecule has 2 nitrogen and oxygen atoms in total. The second-order valence-corrected chi connectivity index (χ2v) is 20.7. The third-order valence-electron chi connectivity index (χ3n) is 6.76. The first-order chi connectivity index (χ1) is 13.5. The number of hydrogen-bond donors (Lipinski definition) is 0. The SMILES string of the molecule is C=C(c1ccc(O[Si](C)(C)C(C)(C)C)cc1)c1ccc(O[Si](C)(C)C(C)(C)C)cc1. The van der Waals surface area contributed by atoms with Crippen molar-refractivity contribution in [1.29, 1.82) is 0 Å². The molecule has 0 saturated heterocycles. The molecule has 0 aromatic heterocycles. The van der Waals surface area contributed by atoms with Gasteiger partial charge >= 0.3 is 0 Å². The molecular formula is C26H40O2Si2. The minimum atomic E-state index is -1.83. The third kappa shape index (κ3) is 5.67. The molecule has 0 saturated carbocycles. The lowest BCUT2D eigenvalue weighted by Crippen LogP contribution is -2.43. The summed E-state index contributed by atoms with van der Waals surface area (Å²) in [5.41, 5.74) is 3.22. The zero-order chi connectivity index (χ0) is 23.0. The Morgan fingerprint density at radius 3 is 1.10 bits per heavy atom. The molecule has 2 aromatic carbocycles. The summed E-state index contributed by atoms with van der Waals surface area (Å²) in [5, 5.41) is 0.368. The van der Waals surface area contributed by atoms with Gasteiger partial charge < -0.3 is 8.85 Å². The highest BCUT2D eigenvalue weighted by molar-refractivity contribution is 6.75. The summed E-state index contributed by atoms with van der Waals surface area (Å²) in [6.45, 7) is 26.9. The van der Waals surface area contributed by atoms with Crippen molar-refractivity contribution in [3.63, 3.8) is 0 Å². The Labute approximate surface area is 186 Å². The Hall–Kier alpha value is -1.79. The van der Waals surface area contributed by atoms with E-state index in [1.54, 1.807) is 0 Å². The largest absolute Gasteiger partial charge is 0.544 e. The second-order valence-electron chi connectivity index (χ2n) is 11.3. The smallest absolute Gasteiger partial charge is 0.250 e. The monoisotopic (exact) mass is 440 g/mol. The predicted molar refractivity (Wildman–Crippen MR) is 137 cm³/mol. The third-order valence-corrected chi connectivity index (χ3v) is 15.5. The highest BCUT2D eigenvalue weighted by Gasteiger charge is 2.39. The maximum atomic E-state index is 6.39. The van der Waals surface area contributed by atoms with E-state index in [2.05, 4.69) is 123 Å². The first-order valence-corrected chi connectivity index (χ1v) is 16.6. The maximum absolute atomic E-state index is 6.39. The van der Waals surface area contributed by atoms with E-state index < -0.39 is 16.6 Å². The van der Waals surface area contributed by atoms with Crippen molar-refractivity contribution in [2.24, 2.45) is 0 Å². The molecule has 0 unspecified atom stereocenters. The standard InChI is InChI=1S/C26H40O2Si2/c1-20(21-12-16-23(17-13-21)27-29(8,9)25(2,3)4)22-14-18-24(19-15-22)28-30(10,11)26(5,6)7/h12-19H,1H2,2-11H3. The zero-order valence-electron chi connectivity index (χ0n) is 20.6. The van der Waals surface area contributed by atoms with Gasteiger partial charge in [-0.2, -0.15) is 0 Å². The quantitative estimate of drug-likeness (QED) is 0.419. The van der Waals surface area contributed by atoms with Gasteiger partial charge in [-0.25, -0.2) is 0 Å². The first-order valence-electron chi connectivity index (χ1n) is 10.8. The lowest BCUT2D eigenvalue weighted by Gasteiger charge is -2.36. The summed E-state index contributed by atoms with van der Waals surface area (Å²) in [4.78, 5) is 0. The van der Waals surface area contributed by atoms with Crippen LogP contribution in [0.3, 0.4) is 0 Å². The zero-order valence-corrected chi connectivity index (χ0v) is 22.6. The second kappa shape index (κ2) is 8.39. The van der Waals surface area contributed by atoms with Gasteiger partial charge in [0.2, 0.25) is 16.6 Å². The van der Waals surface area contributed by atoms with Gasteiger partial charge in [0, 0.05) is 0 Å². The van der Waals surface area contributed by atoms with Gasteiger partial charge in [-0.15, -0.1) is 0 Å². The molecule has 0 spiro atoms. The van der Waals surface area contributed by atoms with Crippen LogP contribution in [-0.4, -0.2) is 16.6 Å². The molecule has 2 rings (SSSR count). The Kier molecular flexibility index (Phi) is 6.85. The van der Waals surface area contributed by atoms with Crippen molar-refractivity contribution in [3.8, 4) is 11.5 Å². The van der Waals surface area contributed by atoms with Crippen LogP contribution in [0.1, 0.15) is 52.7 Å². The normalized spacial score (nSPS) is 13.1. The molecule has 0 atom stereocenters. The van der Waals surface area contributed by atoms with E-state index in [1.165, 1.54) is 0 Å². The first kappa shape index (κ1) is 24.5.